The predicted molar refractivity (Wildman–Crippen MR) is 129 cm³/mol. The SMILES string of the molecule is C1COCCOCCOCCOCCOCCOCCO1.c1cc(C[NH2+]Cc2ccnnc2)cnn1. The van der Waals surface area contributed by atoms with Crippen LogP contribution in [0.15, 0.2) is 36.9 Å². The molecule has 0 aromatic carbocycles. The number of ether oxygens (including phenoxy) is 7. The van der Waals surface area contributed by atoms with Crippen LogP contribution >= 0.6 is 0 Å². The topological polar surface area (TPSA) is 133 Å². The van der Waals surface area contributed by atoms with Crippen molar-refractivity contribution in [2.45, 2.75) is 13.1 Å². The van der Waals surface area contributed by atoms with Gasteiger partial charge in [0.05, 0.1) is 117 Å². The molecule has 0 spiro atoms. The van der Waals surface area contributed by atoms with E-state index in [0.29, 0.717) is 92.5 Å². The Kier molecular flexibility index (Phi) is 19.4. The number of nitrogens with zero attached hydrogens (tertiary/aromatic N) is 4. The van der Waals surface area contributed by atoms with Crippen molar-refractivity contribution in [2.75, 3.05) is 92.5 Å². The second-order valence-electron chi connectivity index (χ2n) is 7.48. The first-order valence-electron chi connectivity index (χ1n) is 12.3. The number of nitrogens with two attached hydrogens (primary N) is 1. The second-order valence-corrected chi connectivity index (χ2v) is 7.48. The number of hydrogen-bond acceptors (Lipinski definition) is 11. The Balaban J connectivity index is 0.000000267. The number of aromatic nitrogens is 4. The molecule has 0 saturated carbocycles. The van der Waals surface area contributed by atoms with E-state index >= 15 is 0 Å². The van der Waals surface area contributed by atoms with E-state index in [9.17, 15) is 0 Å². The van der Waals surface area contributed by atoms with Crippen molar-refractivity contribution in [3.63, 3.8) is 0 Å². The average Bonchev–Trinajstić information content (AvgIpc) is 2.92. The molecule has 0 aliphatic carbocycles. The lowest BCUT2D eigenvalue weighted by Crippen LogP contribution is -2.80. The van der Waals surface area contributed by atoms with Gasteiger partial charge < -0.3 is 38.5 Å². The molecule has 1 aliphatic rings. The molecule has 2 N–H and O–H groups in total. The van der Waals surface area contributed by atoms with E-state index < -0.39 is 0 Å². The number of rotatable bonds is 4. The molecule has 0 atom stereocenters. The van der Waals surface area contributed by atoms with E-state index in [0.717, 1.165) is 13.1 Å². The Morgan fingerprint density at radius 1 is 0.444 bits per heavy atom. The Labute approximate surface area is 212 Å². The highest BCUT2D eigenvalue weighted by molar-refractivity contribution is 5.04. The highest BCUT2D eigenvalue weighted by Crippen LogP contribution is 1.92. The molecule has 2 aromatic rings. The first-order valence-corrected chi connectivity index (χ1v) is 12.3. The monoisotopic (exact) mass is 510 g/mol. The number of hydrogen-bond donors (Lipinski definition) is 1. The normalized spacial score (nSPS) is 18.2. The van der Waals surface area contributed by atoms with Crippen LogP contribution in [0, 0.1) is 0 Å². The first-order chi connectivity index (χ1) is 17.9. The van der Waals surface area contributed by atoms with Crippen LogP contribution in [0.5, 0.6) is 0 Å². The zero-order valence-corrected chi connectivity index (χ0v) is 21.0. The molecule has 2 aromatic heterocycles. The summed E-state index contributed by atoms with van der Waals surface area (Å²) in [5.41, 5.74) is 2.35. The van der Waals surface area contributed by atoms with Gasteiger partial charge in [-0.15, -0.1) is 0 Å². The zero-order valence-electron chi connectivity index (χ0n) is 21.0. The van der Waals surface area contributed by atoms with Crippen LogP contribution in [0.2, 0.25) is 0 Å². The number of quaternary nitrogens is 1. The molecule has 0 amide bonds. The molecular weight excluding hydrogens is 470 g/mol. The van der Waals surface area contributed by atoms with Gasteiger partial charge in [0.1, 0.15) is 13.1 Å². The smallest absolute Gasteiger partial charge is 0.103 e. The minimum absolute atomic E-state index is 0.570. The summed E-state index contributed by atoms with van der Waals surface area (Å²) in [5, 5.41) is 17.3. The molecule has 36 heavy (non-hydrogen) atoms. The molecule has 202 valence electrons. The molecular formula is C24H40N5O7+. The lowest BCUT2D eigenvalue weighted by atomic mass is 10.3. The molecule has 12 nitrogen and oxygen atoms in total. The molecule has 12 heteroatoms. The molecule has 0 unspecified atom stereocenters. The summed E-state index contributed by atoms with van der Waals surface area (Å²) in [7, 11) is 0. The van der Waals surface area contributed by atoms with E-state index in [1.54, 1.807) is 24.8 Å². The summed E-state index contributed by atoms with van der Waals surface area (Å²) in [5.74, 6) is 0. The van der Waals surface area contributed by atoms with E-state index in [-0.39, 0.29) is 0 Å². The second kappa shape index (κ2) is 23.3. The molecule has 3 rings (SSSR count). The van der Waals surface area contributed by atoms with Gasteiger partial charge >= 0.3 is 0 Å². The van der Waals surface area contributed by atoms with Crippen molar-refractivity contribution in [1.82, 2.24) is 20.4 Å². The van der Waals surface area contributed by atoms with Crippen molar-refractivity contribution >= 4 is 0 Å². The lowest BCUT2D eigenvalue weighted by Gasteiger charge is -2.07. The van der Waals surface area contributed by atoms with Crippen LogP contribution in [0.3, 0.4) is 0 Å². The van der Waals surface area contributed by atoms with E-state index in [4.69, 9.17) is 33.2 Å². The fourth-order valence-corrected chi connectivity index (χ4v) is 2.82. The summed E-state index contributed by atoms with van der Waals surface area (Å²) in [6, 6.07) is 3.93. The van der Waals surface area contributed by atoms with E-state index in [1.807, 2.05) is 12.1 Å². The molecule has 1 saturated heterocycles. The lowest BCUT2D eigenvalue weighted by molar-refractivity contribution is -0.686. The van der Waals surface area contributed by atoms with Crippen LogP contribution in [-0.4, -0.2) is 113 Å². The summed E-state index contributed by atoms with van der Waals surface area (Å²) in [6.07, 6.45) is 6.97. The van der Waals surface area contributed by atoms with Gasteiger partial charge in [-0.1, -0.05) is 0 Å². The fraction of sp³-hybridized carbons (Fsp3) is 0.667. The Morgan fingerprint density at radius 3 is 0.944 bits per heavy atom. The Morgan fingerprint density at radius 2 is 0.722 bits per heavy atom. The van der Waals surface area contributed by atoms with Crippen LogP contribution in [0.4, 0.5) is 0 Å². The van der Waals surface area contributed by atoms with Crippen molar-refractivity contribution < 1.29 is 38.5 Å². The largest absolute Gasteiger partial charge is 0.377 e. The first kappa shape index (κ1) is 30.1. The summed E-state index contributed by atoms with van der Waals surface area (Å²) in [6.45, 7) is 9.78. The van der Waals surface area contributed by atoms with Gasteiger partial charge in [-0.3, -0.25) is 0 Å². The summed E-state index contributed by atoms with van der Waals surface area (Å²) < 4.78 is 37.5. The van der Waals surface area contributed by atoms with Crippen LogP contribution in [0.1, 0.15) is 11.1 Å². The highest BCUT2D eigenvalue weighted by atomic mass is 16.6. The molecule has 0 radical (unpaired) electrons. The Bertz CT molecular complexity index is 587. The van der Waals surface area contributed by atoms with E-state index in [2.05, 4.69) is 25.7 Å². The Hall–Kier alpha value is -2.16. The molecule has 3 heterocycles. The maximum absolute atomic E-state index is 5.36. The van der Waals surface area contributed by atoms with Crippen molar-refractivity contribution in [3.8, 4) is 0 Å². The van der Waals surface area contributed by atoms with Gasteiger partial charge in [0, 0.05) is 11.1 Å². The predicted octanol–water partition coefficient (Wildman–Crippen LogP) is -0.354. The van der Waals surface area contributed by atoms with Crippen molar-refractivity contribution in [3.05, 3.63) is 48.0 Å². The maximum Gasteiger partial charge on any atom is 0.103 e. The third-order valence-corrected chi connectivity index (χ3v) is 4.66. The summed E-state index contributed by atoms with van der Waals surface area (Å²) >= 11 is 0. The van der Waals surface area contributed by atoms with Gasteiger partial charge in [0.15, 0.2) is 0 Å². The van der Waals surface area contributed by atoms with Crippen LogP contribution in [0.25, 0.3) is 0 Å². The van der Waals surface area contributed by atoms with Crippen molar-refractivity contribution in [1.29, 1.82) is 0 Å². The summed E-state index contributed by atoms with van der Waals surface area (Å²) in [4.78, 5) is 0. The van der Waals surface area contributed by atoms with Gasteiger partial charge in [0.25, 0.3) is 0 Å². The third kappa shape index (κ3) is 18.2. The van der Waals surface area contributed by atoms with E-state index in [1.165, 1.54) is 11.1 Å². The van der Waals surface area contributed by atoms with Crippen molar-refractivity contribution in [2.24, 2.45) is 0 Å². The molecule has 0 bridgehead atoms. The third-order valence-electron chi connectivity index (χ3n) is 4.66. The van der Waals surface area contributed by atoms with Gasteiger partial charge in [-0.2, -0.15) is 20.4 Å². The quantitative estimate of drug-likeness (QED) is 0.578. The fourth-order valence-electron chi connectivity index (χ4n) is 2.82. The van der Waals surface area contributed by atoms with Gasteiger partial charge in [0.2, 0.25) is 0 Å². The van der Waals surface area contributed by atoms with Gasteiger partial charge in [-0.25, -0.2) is 0 Å². The zero-order chi connectivity index (χ0) is 25.2. The van der Waals surface area contributed by atoms with Crippen LogP contribution < -0.4 is 5.32 Å². The molecule has 1 fully saturated rings. The molecule has 1 aliphatic heterocycles. The maximum atomic E-state index is 5.36. The minimum Gasteiger partial charge on any atom is -0.377 e. The minimum atomic E-state index is 0.570. The van der Waals surface area contributed by atoms with Gasteiger partial charge in [-0.05, 0) is 12.1 Å². The highest BCUT2D eigenvalue weighted by Gasteiger charge is 1.98. The standard InChI is InChI=1S/C14H28O7.C10H11N5/c1-2-16-5-6-18-9-10-20-13-14-21-12-11-19-8-7-17-4-3-15-1;1-3-12-14-7-9(1)5-11-6-10-2-4-13-15-8-10/h1-14H2;1-4,7-8,11H,5-6H2/p+1. The van der Waals surface area contributed by atoms with Crippen LogP contribution in [-0.2, 0) is 46.2 Å². The average molecular weight is 511 g/mol.